The number of benzene rings is 4. The maximum Gasteiger partial charge on any atom is 0.227 e. The summed E-state index contributed by atoms with van der Waals surface area (Å²) in [6.45, 7) is 2.22. The summed E-state index contributed by atoms with van der Waals surface area (Å²) in [4.78, 5) is 4.77. The molecule has 0 amide bonds. The summed E-state index contributed by atoms with van der Waals surface area (Å²) in [5, 5.41) is 2.65. The lowest BCUT2D eigenvalue weighted by Gasteiger charge is -2.04. The van der Waals surface area contributed by atoms with Gasteiger partial charge in [-0.25, -0.2) is 4.98 Å². The number of aromatic nitrogens is 1. The minimum absolute atomic E-state index is 0.690. The number of fused-ring (bicyclic) bond motifs is 4. The molecule has 4 aromatic carbocycles. The first-order valence-electron chi connectivity index (χ1n) is 11.2. The van der Waals surface area contributed by atoms with Gasteiger partial charge in [0.2, 0.25) is 5.89 Å². The van der Waals surface area contributed by atoms with Crippen LogP contribution in [0.15, 0.2) is 89.3 Å². The van der Waals surface area contributed by atoms with Crippen LogP contribution >= 0.6 is 11.3 Å². The minimum atomic E-state index is 0.690. The molecule has 0 fully saturated rings. The largest absolute Gasteiger partial charge is 0.436 e. The van der Waals surface area contributed by atoms with Gasteiger partial charge in [0.25, 0.3) is 0 Å². The Balaban J connectivity index is 1.39. The summed E-state index contributed by atoms with van der Waals surface area (Å²) >= 11 is 1.86. The Bertz CT molecular complexity index is 1560. The van der Waals surface area contributed by atoms with Crippen molar-refractivity contribution in [3.8, 4) is 22.6 Å². The van der Waals surface area contributed by atoms with Crippen molar-refractivity contribution < 1.29 is 4.42 Å². The van der Waals surface area contributed by atoms with E-state index in [0.717, 1.165) is 29.5 Å². The van der Waals surface area contributed by atoms with Crippen LogP contribution in [0, 0.1) is 0 Å². The van der Waals surface area contributed by atoms with E-state index in [9.17, 15) is 0 Å². The SMILES string of the molecule is CCCCc1cccc2nc(-c3ccc(-c4cccc5c4sc4ccccc45)cc3)oc12. The van der Waals surface area contributed by atoms with Crippen molar-refractivity contribution in [1.29, 1.82) is 0 Å². The molecule has 0 saturated heterocycles. The van der Waals surface area contributed by atoms with Crippen LogP contribution < -0.4 is 0 Å². The highest BCUT2D eigenvalue weighted by molar-refractivity contribution is 7.26. The second-order valence-corrected chi connectivity index (χ2v) is 9.30. The van der Waals surface area contributed by atoms with E-state index in [1.54, 1.807) is 0 Å². The zero-order chi connectivity index (χ0) is 21.5. The van der Waals surface area contributed by atoms with Gasteiger partial charge < -0.3 is 4.42 Å². The van der Waals surface area contributed by atoms with E-state index < -0.39 is 0 Å². The third-order valence-corrected chi connectivity index (χ3v) is 7.36. The lowest BCUT2D eigenvalue weighted by atomic mass is 10.0. The molecule has 0 atom stereocenters. The average Bonchev–Trinajstić information content (AvgIpc) is 3.45. The molecule has 0 aliphatic rings. The highest BCUT2D eigenvalue weighted by Crippen LogP contribution is 2.40. The van der Waals surface area contributed by atoms with Crippen LogP contribution in [0.5, 0.6) is 0 Å². The van der Waals surface area contributed by atoms with E-state index in [0.29, 0.717) is 5.89 Å². The molecule has 2 aromatic heterocycles. The van der Waals surface area contributed by atoms with Crippen molar-refractivity contribution in [2.24, 2.45) is 0 Å². The molecule has 0 aliphatic heterocycles. The van der Waals surface area contributed by atoms with Gasteiger partial charge in [0, 0.05) is 25.7 Å². The molecule has 2 nitrogen and oxygen atoms in total. The molecule has 0 saturated carbocycles. The van der Waals surface area contributed by atoms with Crippen LogP contribution in [-0.4, -0.2) is 4.98 Å². The first kappa shape index (κ1) is 19.3. The molecule has 0 unspecified atom stereocenters. The maximum atomic E-state index is 6.23. The number of aryl methyl sites for hydroxylation is 1. The number of para-hydroxylation sites is 1. The van der Waals surface area contributed by atoms with Gasteiger partial charge >= 0.3 is 0 Å². The van der Waals surface area contributed by atoms with E-state index in [1.165, 1.54) is 43.3 Å². The molecule has 32 heavy (non-hydrogen) atoms. The van der Waals surface area contributed by atoms with Crippen LogP contribution in [0.1, 0.15) is 25.3 Å². The molecule has 0 radical (unpaired) electrons. The van der Waals surface area contributed by atoms with E-state index in [1.807, 2.05) is 17.4 Å². The van der Waals surface area contributed by atoms with Crippen molar-refractivity contribution in [3.63, 3.8) is 0 Å². The summed E-state index contributed by atoms with van der Waals surface area (Å²) in [5.74, 6) is 0.690. The Kier molecular flexibility index (Phi) is 4.77. The van der Waals surface area contributed by atoms with Gasteiger partial charge in [-0.3, -0.25) is 0 Å². The Morgan fingerprint density at radius 1 is 0.781 bits per heavy atom. The normalized spacial score (nSPS) is 11.7. The minimum Gasteiger partial charge on any atom is -0.436 e. The first-order chi connectivity index (χ1) is 15.8. The van der Waals surface area contributed by atoms with Gasteiger partial charge in [-0.05, 0) is 53.8 Å². The van der Waals surface area contributed by atoms with Crippen molar-refractivity contribution >= 4 is 42.6 Å². The molecule has 0 spiro atoms. The number of hydrogen-bond acceptors (Lipinski definition) is 3. The monoisotopic (exact) mass is 433 g/mol. The third-order valence-electron chi connectivity index (χ3n) is 6.14. The molecule has 0 N–H and O–H groups in total. The Morgan fingerprint density at radius 3 is 2.44 bits per heavy atom. The Hall–Kier alpha value is -3.43. The van der Waals surface area contributed by atoms with Gasteiger partial charge in [0.05, 0.1) is 0 Å². The molecule has 6 rings (SSSR count). The van der Waals surface area contributed by atoms with Crippen LogP contribution in [-0.2, 0) is 6.42 Å². The van der Waals surface area contributed by atoms with Gasteiger partial charge in [-0.2, -0.15) is 0 Å². The maximum absolute atomic E-state index is 6.23. The third kappa shape index (κ3) is 3.21. The summed E-state index contributed by atoms with van der Waals surface area (Å²) < 4.78 is 8.90. The fraction of sp³-hybridized carbons (Fsp3) is 0.138. The summed E-state index contributed by atoms with van der Waals surface area (Å²) in [6, 6.07) is 30.1. The second-order valence-electron chi connectivity index (χ2n) is 8.25. The number of hydrogen-bond donors (Lipinski definition) is 0. The molecule has 156 valence electrons. The smallest absolute Gasteiger partial charge is 0.227 e. The number of nitrogens with zero attached hydrogens (tertiary/aromatic N) is 1. The summed E-state index contributed by atoms with van der Waals surface area (Å²) in [7, 11) is 0. The molecule has 6 aromatic rings. The predicted octanol–water partition coefficient (Wildman–Crippen LogP) is 8.87. The molecule has 0 bridgehead atoms. The Labute approximate surface area is 191 Å². The molecular weight excluding hydrogens is 410 g/mol. The van der Waals surface area contributed by atoms with Crippen molar-refractivity contribution in [2.75, 3.05) is 0 Å². The molecule has 2 heterocycles. The fourth-order valence-corrected chi connectivity index (χ4v) is 5.70. The van der Waals surface area contributed by atoms with Crippen LogP contribution in [0.25, 0.3) is 53.9 Å². The zero-order valence-electron chi connectivity index (χ0n) is 18.0. The van der Waals surface area contributed by atoms with Gasteiger partial charge in [-0.1, -0.05) is 74.0 Å². The summed E-state index contributed by atoms with van der Waals surface area (Å²) in [5.41, 5.74) is 6.61. The average molecular weight is 434 g/mol. The number of rotatable bonds is 5. The topological polar surface area (TPSA) is 26.0 Å². The quantitative estimate of drug-likeness (QED) is 0.271. The van der Waals surface area contributed by atoms with Crippen LogP contribution in [0.2, 0.25) is 0 Å². The van der Waals surface area contributed by atoms with E-state index >= 15 is 0 Å². The van der Waals surface area contributed by atoms with E-state index in [4.69, 9.17) is 9.40 Å². The van der Waals surface area contributed by atoms with Crippen molar-refractivity contribution in [1.82, 2.24) is 4.98 Å². The molecular formula is C29H23NOS. The lowest BCUT2D eigenvalue weighted by Crippen LogP contribution is -1.84. The predicted molar refractivity (Wildman–Crippen MR) is 136 cm³/mol. The van der Waals surface area contributed by atoms with Gasteiger partial charge in [-0.15, -0.1) is 11.3 Å². The lowest BCUT2D eigenvalue weighted by molar-refractivity contribution is 0.613. The molecule has 0 aliphatic carbocycles. The van der Waals surface area contributed by atoms with Crippen LogP contribution in [0.4, 0.5) is 0 Å². The zero-order valence-corrected chi connectivity index (χ0v) is 18.8. The highest BCUT2D eigenvalue weighted by Gasteiger charge is 2.13. The van der Waals surface area contributed by atoms with E-state index in [2.05, 4.69) is 85.8 Å². The standard InChI is InChI=1S/C29H23NOS/c1-2-3-8-20-9-6-13-25-27(20)31-29(30-25)21-17-15-19(16-18-21)22-11-7-12-24-23-10-4-5-14-26(23)32-28(22)24/h4-7,9-18H,2-3,8H2,1H3. The molecule has 3 heteroatoms. The van der Waals surface area contributed by atoms with Crippen molar-refractivity contribution in [2.45, 2.75) is 26.2 Å². The van der Waals surface area contributed by atoms with Crippen LogP contribution in [0.3, 0.4) is 0 Å². The van der Waals surface area contributed by atoms with Gasteiger partial charge in [0.1, 0.15) is 5.52 Å². The van der Waals surface area contributed by atoms with Gasteiger partial charge in [0.15, 0.2) is 5.58 Å². The Morgan fingerprint density at radius 2 is 1.56 bits per heavy atom. The summed E-state index contributed by atoms with van der Waals surface area (Å²) in [6.07, 6.45) is 3.36. The number of oxazole rings is 1. The van der Waals surface area contributed by atoms with Crippen molar-refractivity contribution in [3.05, 3.63) is 90.5 Å². The van der Waals surface area contributed by atoms with E-state index in [-0.39, 0.29) is 0 Å². The number of thiophene rings is 1. The first-order valence-corrected chi connectivity index (χ1v) is 12.0. The highest BCUT2D eigenvalue weighted by atomic mass is 32.1. The number of unbranched alkanes of at least 4 members (excludes halogenated alkanes) is 1. The fourth-order valence-electron chi connectivity index (χ4n) is 4.46. The second kappa shape index (κ2) is 7.92.